The lowest BCUT2D eigenvalue weighted by atomic mass is 9.88. The van der Waals surface area contributed by atoms with Crippen molar-refractivity contribution in [3.8, 4) is 0 Å². The topological polar surface area (TPSA) is 87.8 Å². The van der Waals surface area contributed by atoms with Gasteiger partial charge in [-0.25, -0.2) is 13.2 Å². The second-order valence-corrected chi connectivity index (χ2v) is 7.61. The molecule has 0 spiro atoms. The predicted molar refractivity (Wildman–Crippen MR) is 82.6 cm³/mol. The Hall–Kier alpha value is -2.12. The van der Waals surface area contributed by atoms with Crippen molar-refractivity contribution in [1.82, 2.24) is 4.31 Å². The molecule has 1 N–H and O–H groups in total. The number of aromatic carboxylic acids is 1. The molecular weight excluding hydrogens is 318 g/mol. The Morgan fingerprint density at radius 1 is 1.30 bits per heavy atom. The number of aryl methyl sites for hydroxylation is 1. The molecule has 0 bridgehead atoms. The molecular formula is C16H17NO5S. The summed E-state index contributed by atoms with van der Waals surface area (Å²) in [5, 5.41) is 8.71. The Labute approximate surface area is 134 Å². The summed E-state index contributed by atoms with van der Waals surface area (Å²) in [6.45, 7) is 3.88. The number of carboxylic acids is 1. The van der Waals surface area contributed by atoms with Crippen molar-refractivity contribution in [3.05, 3.63) is 53.3 Å². The van der Waals surface area contributed by atoms with Crippen molar-refractivity contribution in [2.24, 2.45) is 5.92 Å². The van der Waals surface area contributed by atoms with Crippen molar-refractivity contribution in [2.45, 2.75) is 25.0 Å². The molecule has 0 saturated carbocycles. The number of rotatable bonds is 4. The van der Waals surface area contributed by atoms with Crippen molar-refractivity contribution < 1.29 is 22.7 Å². The van der Waals surface area contributed by atoms with Crippen LogP contribution in [0.1, 0.15) is 34.6 Å². The summed E-state index contributed by atoms with van der Waals surface area (Å²) in [4.78, 5) is 11.1. The van der Waals surface area contributed by atoms with Gasteiger partial charge in [0.1, 0.15) is 0 Å². The van der Waals surface area contributed by atoms with Crippen LogP contribution in [0.4, 0.5) is 0 Å². The van der Waals surface area contributed by atoms with Gasteiger partial charge >= 0.3 is 5.97 Å². The maximum atomic E-state index is 12.8. The molecule has 2 atom stereocenters. The highest BCUT2D eigenvalue weighted by molar-refractivity contribution is 7.89. The van der Waals surface area contributed by atoms with E-state index in [1.807, 2.05) is 37.3 Å². The zero-order chi connectivity index (χ0) is 16.8. The second-order valence-electron chi connectivity index (χ2n) is 5.79. The van der Waals surface area contributed by atoms with Gasteiger partial charge in [-0.1, -0.05) is 37.3 Å². The van der Waals surface area contributed by atoms with E-state index < -0.39 is 16.0 Å². The standard InChI is InChI=1S/C16H17NO5S/c1-10-8-13(22-15(10)16(18)19)23(20,21)17-9-11(2)14(17)12-6-4-3-5-7-12/h3-8,11,14H,9H2,1-2H3,(H,18,19). The molecule has 3 rings (SSSR count). The molecule has 1 fully saturated rings. The molecule has 1 aromatic heterocycles. The largest absolute Gasteiger partial charge is 0.475 e. The fourth-order valence-corrected chi connectivity index (χ4v) is 4.75. The number of carbonyl (C=O) groups is 1. The first-order chi connectivity index (χ1) is 10.8. The maximum Gasteiger partial charge on any atom is 0.372 e. The highest BCUT2D eigenvalue weighted by Crippen LogP contribution is 2.42. The van der Waals surface area contributed by atoms with E-state index in [2.05, 4.69) is 0 Å². The zero-order valence-corrected chi connectivity index (χ0v) is 13.6. The third-order valence-electron chi connectivity index (χ3n) is 4.11. The number of sulfonamides is 1. The van der Waals surface area contributed by atoms with Crippen molar-refractivity contribution in [1.29, 1.82) is 0 Å². The van der Waals surface area contributed by atoms with Crippen molar-refractivity contribution in [2.75, 3.05) is 6.54 Å². The molecule has 1 aliphatic rings. The Morgan fingerprint density at radius 2 is 1.96 bits per heavy atom. The van der Waals surface area contributed by atoms with Crippen LogP contribution in [-0.2, 0) is 10.0 Å². The highest BCUT2D eigenvalue weighted by Gasteiger charge is 2.46. The molecule has 1 aromatic carbocycles. The molecule has 122 valence electrons. The highest BCUT2D eigenvalue weighted by atomic mass is 32.2. The number of benzene rings is 1. The minimum Gasteiger partial charge on any atom is -0.475 e. The smallest absolute Gasteiger partial charge is 0.372 e. The van der Waals surface area contributed by atoms with Gasteiger partial charge in [0, 0.05) is 18.2 Å². The molecule has 2 heterocycles. The van der Waals surface area contributed by atoms with E-state index in [0.717, 1.165) is 5.56 Å². The number of hydrogen-bond acceptors (Lipinski definition) is 4. The average molecular weight is 335 g/mol. The molecule has 7 heteroatoms. The first-order valence-electron chi connectivity index (χ1n) is 7.23. The van der Waals surface area contributed by atoms with Gasteiger partial charge in [-0.3, -0.25) is 0 Å². The second kappa shape index (κ2) is 5.50. The van der Waals surface area contributed by atoms with E-state index in [-0.39, 0.29) is 22.8 Å². The van der Waals surface area contributed by atoms with Crippen LogP contribution in [0, 0.1) is 12.8 Å². The third-order valence-corrected chi connectivity index (χ3v) is 5.81. The van der Waals surface area contributed by atoms with Crippen LogP contribution in [0.15, 0.2) is 45.9 Å². The first kappa shape index (κ1) is 15.8. The SMILES string of the molecule is Cc1cc(S(=O)(=O)N2CC(C)C2c2ccccc2)oc1C(=O)O. The number of hydrogen-bond donors (Lipinski definition) is 1. The van der Waals surface area contributed by atoms with Crippen LogP contribution in [0.3, 0.4) is 0 Å². The van der Waals surface area contributed by atoms with Crippen molar-refractivity contribution >= 4 is 16.0 Å². The molecule has 2 unspecified atom stereocenters. The molecule has 0 amide bonds. The molecule has 0 radical (unpaired) electrons. The van der Waals surface area contributed by atoms with E-state index in [0.29, 0.717) is 12.1 Å². The summed E-state index contributed by atoms with van der Waals surface area (Å²) in [7, 11) is -3.86. The van der Waals surface area contributed by atoms with Gasteiger partial charge in [-0.2, -0.15) is 4.31 Å². The normalized spacial score (nSPS) is 21.8. The van der Waals surface area contributed by atoms with Crippen molar-refractivity contribution in [3.63, 3.8) is 0 Å². The first-order valence-corrected chi connectivity index (χ1v) is 8.67. The van der Waals surface area contributed by atoms with Crippen LogP contribution < -0.4 is 0 Å². The molecule has 6 nitrogen and oxygen atoms in total. The Balaban J connectivity index is 1.97. The summed E-state index contributed by atoms with van der Waals surface area (Å²) in [5.41, 5.74) is 1.21. The van der Waals surface area contributed by atoms with Gasteiger partial charge in [-0.05, 0) is 18.4 Å². The van der Waals surface area contributed by atoms with Gasteiger partial charge in [-0.15, -0.1) is 0 Å². The van der Waals surface area contributed by atoms with Crippen LogP contribution in [-0.4, -0.2) is 30.3 Å². The molecule has 1 saturated heterocycles. The van der Waals surface area contributed by atoms with Gasteiger partial charge in [0.15, 0.2) is 0 Å². The summed E-state index contributed by atoms with van der Waals surface area (Å²) in [6.07, 6.45) is 0. The van der Waals surface area contributed by atoms with Crippen LogP contribution >= 0.6 is 0 Å². The summed E-state index contributed by atoms with van der Waals surface area (Å²) < 4.78 is 32.0. The van der Waals surface area contributed by atoms with Gasteiger partial charge in [0.2, 0.25) is 10.9 Å². The fraction of sp³-hybridized carbons (Fsp3) is 0.312. The van der Waals surface area contributed by atoms with Gasteiger partial charge in [0.25, 0.3) is 10.0 Å². The Kier molecular flexibility index (Phi) is 3.77. The zero-order valence-electron chi connectivity index (χ0n) is 12.8. The molecule has 2 aromatic rings. The van der Waals surface area contributed by atoms with E-state index >= 15 is 0 Å². The van der Waals surface area contributed by atoms with E-state index in [9.17, 15) is 13.2 Å². The average Bonchev–Trinajstić information content (AvgIpc) is 2.88. The molecule has 1 aliphatic heterocycles. The maximum absolute atomic E-state index is 12.8. The predicted octanol–water partition coefficient (Wildman–Crippen LogP) is 2.67. The lowest BCUT2D eigenvalue weighted by molar-refractivity contribution is 0.0653. The van der Waals surface area contributed by atoms with Gasteiger partial charge < -0.3 is 9.52 Å². The number of carboxylic acid groups (broad SMARTS) is 1. The lowest BCUT2D eigenvalue weighted by Gasteiger charge is -2.45. The quantitative estimate of drug-likeness (QED) is 0.928. The Morgan fingerprint density at radius 3 is 2.48 bits per heavy atom. The molecule has 23 heavy (non-hydrogen) atoms. The summed E-state index contributed by atoms with van der Waals surface area (Å²) in [6, 6.07) is 10.4. The lowest BCUT2D eigenvalue weighted by Crippen LogP contribution is -2.51. The van der Waals surface area contributed by atoms with Crippen LogP contribution in [0.5, 0.6) is 0 Å². The fourth-order valence-electron chi connectivity index (χ4n) is 2.94. The van der Waals surface area contributed by atoms with E-state index in [4.69, 9.17) is 9.52 Å². The molecule has 0 aliphatic carbocycles. The third kappa shape index (κ3) is 2.55. The minimum absolute atomic E-state index is 0.183. The summed E-state index contributed by atoms with van der Waals surface area (Å²) >= 11 is 0. The number of nitrogens with zero attached hydrogens (tertiary/aromatic N) is 1. The van der Waals surface area contributed by atoms with Crippen LogP contribution in [0.2, 0.25) is 0 Å². The Bertz CT molecular complexity index is 841. The monoisotopic (exact) mass is 335 g/mol. The van der Waals surface area contributed by atoms with E-state index in [1.54, 1.807) is 0 Å². The van der Waals surface area contributed by atoms with Gasteiger partial charge in [0.05, 0.1) is 6.04 Å². The van der Waals surface area contributed by atoms with E-state index in [1.165, 1.54) is 17.3 Å². The summed E-state index contributed by atoms with van der Waals surface area (Å²) in [5.74, 6) is -1.43. The minimum atomic E-state index is -3.86. The number of furan rings is 1. The van der Waals surface area contributed by atoms with Crippen LogP contribution in [0.25, 0.3) is 0 Å².